The maximum absolute atomic E-state index is 11.3. The number of hydrogen-bond donors (Lipinski definition) is 1. The second kappa shape index (κ2) is 7.97. The molecule has 26 heavy (non-hydrogen) atoms. The van der Waals surface area contributed by atoms with E-state index in [1.165, 1.54) is 11.1 Å². The number of carbonyl (C=O) groups excluding carboxylic acids is 1. The van der Waals surface area contributed by atoms with Crippen LogP contribution in [0.2, 0.25) is 0 Å². The minimum absolute atomic E-state index is 0.0688. The van der Waals surface area contributed by atoms with E-state index in [9.17, 15) is 4.79 Å². The van der Waals surface area contributed by atoms with E-state index in [2.05, 4.69) is 52.9 Å². The second-order valence-corrected chi connectivity index (χ2v) is 7.16. The van der Waals surface area contributed by atoms with Crippen LogP contribution in [0.15, 0.2) is 18.2 Å². The van der Waals surface area contributed by atoms with Crippen molar-refractivity contribution in [1.82, 2.24) is 24.6 Å². The van der Waals surface area contributed by atoms with Gasteiger partial charge in [0.05, 0.1) is 12.1 Å². The smallest absolute Gasteiger partial charge is 0.225 e. The monoisotopic (exact) mass is 356 g/mol. The first-order valence-electron chi connectivity index (χ1n) is 9.14. The molecule has 2 heterocycles. The van der Waals surface area contributed by atoms with Gasteiger partial charge in [0, 0.05) is 39.1 Å². The minimum Gasteiger partial charge on any atom is -0.369 e. The first kappa shape index (κ1) is 18.5. The van der Waals surface area contributed by atoms with E-state index < -0.39 is 5.91 Å². The molecule has 2 aromatic rings. The van der Waals surface area contributed by atoms with E-state index in [0.29, 0.717) is 5.82 Å². The van der Waals surface area contributed by atoms with Crippen LogP contribution in [0.4, 0.5) is 0 Å². The molecule has 1 aromatic heterocycles. The molecule has 7 heteroatoms. The first-order valence-corrected chi connectivity index (χ1v) is 9.14. The molecule has 0 saturated carbocycles. The van der Waals surface area contributed by atoms with Gasteiger partial charge in [0.1, 0.15) is 5.82 Å². The van der Waals surface area contributed by atoms with Crippen LogP contribution in [0.1, 0.15) is 22.8 Å². The van der Waals surface area contributed by atoms with Gasteiger partial charge in [-0.3, -0.25) is 4.79 Å². The largest absolute Gasteiger partial charge is 0.369 e. The third-order valence-corrected chi connectivity index (χ3v) is 5.03. The Morgan fingerprint density at radius 3 is 2.54 bits per heavy atom. The topological polar surface area (TPSA) is 80.3 Å². The molecule has 0 unspecified atom stereocenters. The molecule has 2 N–H and O–H groups in total. The number of nitrogens with two attached hydrogens (primary N) is 1. The number of piperazine rings is 1. The summed E-state index contributed by atoms with van der Waals surface area (Å²) in [4.78, 5) is 20.7. The van der Waals surface area contributed by atoms with Crippen molar-refractivity contribution in [3.05, 3.63) is 41.0 Å². The number of hydrogen-bond acceptors (Lipinski definition) is 5. The highest BCUT2D eigenvalue weighted by atomic mass is 16.1. The summed E-state index contributed by atoms with van der Waals surface area (Å²) in [5, 5.41) is 4.55. The minimum atomic E-state index is -0.409. The number of carbonyl (C=O) groups is 1. The van der Waals surface area contributed by atoms with Gasteiger partial charge >= 0.3 is 0 Å². The van der Waals surface area contributed by atoms with E-state index in [-0.39, 0.29) is 6.42 Å². The summed E-state index contributed by atoms with van der Waals surface area (Å²) in [6.45, 7) is 9.45. The lowest BCUT2D eigenvalue weighted by Gasteiger charge is -2.32. The predicted molar refractivity (Wildman–Crippen MR) is 101 cm³/mol. The van der Waals surface area contributed by atoms with E-state index in [4.69, 9.17) is 5.73 Å². The molecule has 0 radical (unpaired) electrons. The van der Waals surface area contributed by atoms with Crippen molar-refractivity contribution in [1.29, 1.82) is 0 Å². The van der Waals surface area contributed by atoms with Gasteiger partial charge in [-0.15, -0.1) is 0 Å². The molecule has 0 bridgehead atoms. The van der Waals surface area contributed by atoms with Crippen molar-refractivity contribution in [2.45, 2.75) is 26.7 Å². The lowest BCUT2D eigenvalue weighted by Crippen LogP contribution is -2.45. The molecule has 1 aliphatic heterocycles. The molecule has 3 rings (SSSR count). The number of aryl methyl sites for hydroxylation is 2. The third kappa shape index (κ3) is 4.47. The fourth-order valence-corrected chi connectivity index (χ4v) is 3.18. The summed E-state index contributed by atoms with van der Waals surface area (Å²) in [7, 11) is 2.16. The van der Waals surface area contributed by atoms with Gasteiger partial charge in [-0.1, -0.05) is 6.07 Å². The molecule has 1 aliphatic rings. The predicted octanol–water partition coefficient (Wildman–Crippen LogP) is 0.702. The molecule has 0 atom stereocenters. The molecule has 1 saturated heterocycles. The molecule has 7 nitrogen and oxygen atoms in total. The summed E-state index contributed by atoms with van der Waals surface area (Å²) in [5.74, 6) is 0.959. The Balaban J connectivity index is 1.81. The average molecular weight is 356 g/mol. The van der Waals surface area contributed by atoms with Gasteiger partial charge in [-0.2, -0.15) is 5.10 Å². The Labute approximate surface area is 154 Å². The number of nitrogens with zero attached hydrogens (tertiary/aromatic N) is 5. The fourth-order valence-electron chi connectivity index (χ4n) is 3.18. The number of benzene rings is 1. The van der Waals surface area contributed by atoms with Gasteiger partial charge in [-0.25, -0.2) is 9.67 Å². The van der Waals surface area contributed by atoms with E-state index >= 15 is 0 Å². The normalized spacial score (nSPS) is 16.1. The Bertz CT molecular complexity index is 776. The lowest BCUT2D eigenvalue weighted by molar-refractivity contribution is -0.117. The summed E-state index contributed by atoms with van der Waals surface area (Å²) in [5.41, 5.74) is 8.75. The maximum atomic E-state index is 11.3. The quantitative estimate of drug-likeness (QED) is 0.824. The molecular weight excluding hydrogens is 328 g/mol. The molecule has 0 aliphatic carbocycles. The van der Waals surface area contributed by atoms with Crippen LogP contribution in [-0.4, -0.2) is 70.2 Å². The van der Waals surface area contributed by atoms with Crippen molar-refractivity contribution >= 4 is 5.91 Å². The van der Waals surface area contributed by atoms with Crippen LogP contribution in [0.3, 0.4) is 0 Å². The van der Waals surface area contributed by atoms with Gasteiger partial charge < -0.3 is 15.5 Å². The van der Waals surface area contributed by atoms with Crippen LogP contribution in [0, 0.1) is 13.8 Å². The zero-order valence-electron chi connectivity index (χ0n) is 15.9. The standard InChI is InChI=1S/C19H28N6O/c1-14-4-5-16(12-15(14)2)25-19(21-18(22-25)13-17(20)26)6-7-24-10-8-23(3)9-11-24/h4-5,12H,6-11,13H2,1-3H3,(H2,20,26). The summed E-state index contributed by atoms with van der Waals surface area (Å²) >= 11 is 0. The number of rotatable bonds is 6. The van der Waals surface area contributed by atoms with Crippen LogP contribution >= 0.6 is 0 Å². The van der Waals surface area contributed by atoms with Gasteiger partial charge in [0.15, 0.2) is 5.82 Å². The van der Waals surface area contributed by atoms with Gasteiger partial charge in [-0.05, 0) is 44.2 Å². The number of likely N-dealkylation sites (N-methyl/N-ethyl adjacent to an activating group) is 1. The first-order chi connectivity index (χ1) is 12.4. The Hall–Kier alpha value is -2.25. The summed E-state index contributed by atoms with van der Waals surface area (Å²) in [6, 6.07) is 6.24. The average Bonchev–Trinajstić information content (AvgIpc) is 2.99. The Morgan fingerprint density at radius 2 is 1.88 bits per heavy atom. The maximum Gasteiger partial charge on any atom is 0.225 e. The molecule has 140 valence electrons. The highest BCUT2D eigenvalue weighted by molar-refractivity contribution is 5.75. The molecule has 1 fully saturated rings. The zero-order chi connectivity index (χ0) is 18.7. The highest BCUT2D eigenvalue weighted by Crippen LogP contribution is 2.16. The third-order valence-electron chi connectivity index (χ3n) is 5.03. The van der Waals surface area contributed by atoms with Crippen LogP contribution in [0.5, 0.6) is 0 Å². The summed E-state index contributed by atoms with van der Waals surface area (Å²) < 4.78 is 1.86. The van der Waals surface area contributed by atoms with Crippen molar-refractivity contribution in [2.24, 2.45) is 5.73 Å². The fraction of sp³-hybridized carbons (Fsp3) is 0.526. The van der Waals surface area contributed by atoms with Crippen LogP contribution in [0.25, 0.3) is 5.69 Å². The molecule has 1 amide bonds. The van der Waals surface area contributed by atoms with E-state index in [0.717, 1.165) is 50.7 Å². The van der Waals surface area contributed by atoms with E-state index in [1.54, 1.807) is 0 Å². The Morgan fingerprint density at radius 1 is 1.15 bits per heavy atom. The number of aromatic nitrogens is 3. The molecular formula is C19H28N6O. The molecule has 1 aromatic carbocycles. The highest BCUT2D eigenvalue weighted by Gasteiger charge is 2.17. The van der Waals surface area contributed by atoms with Gasteiger partial charge in [0.25, 0.3) is 0 Å². The second-order valence-electron chi connectivity index (χ2n) is 7.16. The SMILES string of the molecule is Cc1ccc(-n2nc(CC(N)=O)nc2CCN2CCN(C)CC2)cc1C. The van der Waals surface area contributed by atoms with Gasteiger partial charge in [0.2, 0.25) is 5.91 Å². The lowest BCUT2D eigenvalue weighted by atomic mass is 10.1. The number of amides is 1. The van der Waals surface area contributed by atoms with Crippen molar-refractivity contribution in [3.8, 4) is 5.69 Å². The van der Waals surface area contributed by atoms with Crippen molar-refractivity contribution in [3.63, 3.8) is 0 Å². The van der Waals surface area contributed by atoms with Crippen LogP contribution < -0.4 is 5.73 Å². The zero-order valence-corrected chi connectivity index (χ0v) is 15.9. The number of primary amides is 1. The van der Waals surface area contributed by atoms with Crippen molar-refractivity contribution in [2.75, 3.05) is 39.8 Å². The Kier molecular flexibility index (Phi) is 5.68. The van der Waals surface area contributed by atoms with Crippen LogP contribution in [-0.2, 0) is 17.6 Å². The molecule has 0 spiro atoms. The van der Waals surface area contributed by atoms with E-state index in [1.807, 2.05) is 10.7 Å². The summed E-state index contributed by atoms with van der Waals surface area (Å²) in [6.07, 6.45) is 0.863. The van der Waals surface area contributed by atoms with Crippen molar-refractivity contribution < 1.29 is 4.79 Å².